The van der Waals surface area contributed by atoms with Crippen molar-refractivity contribution in [3.8, 4) is 0 Å². The van der Waals surface area contributed by atoms with Crippen molar-refractivity contribution in [2.24, 2.45) is 10.9 Å². The van der Waals surface area contributed by atoms with Crippen LogP contribution in [0, 0.1) is 16.7 Å². The highest BCUT2D eigenvalue weighted by molar-refractivity contribution is 6.17. The summed E-state index contributed by atoms with van der Waals surface area (Å²) in [6, 6.07) is 16.8. The molecule has 2 aliphatic heterocycles. The normalized spacial score (nSPS) is 19.1. The molecule has 4 rings (SSSR count). The molecule has 2 aromatic rings. The minimum Gasteiger partial charge on any atom is -0.412 e. The molecular formula is C21H24N6O2. The first-order valence-corrected chi connectivity index (χ1v) is 9.66. The zero-order valence-electron chi connectivity index (χ0n) is 15.9. The Hall–Kier alpha value is -3.23. The van der Waals surface area contributed by atoms with E-state index in [0.29, 0.717) is 11.4 Å². The zero-order valence-corrected chi connectivity index (χ0v) is 15.9. The van der Waals surface area contributed by atoms with Crippen LogP contribution >= 0.6 is 0 Å². The van der Waals surface area contributed by atoms with Crippen molar-refractivity contribution in [2.45, 2.75) is 19.1 Å². The van der Waals surface area contributed by atoms with Crippen LogP contribution in [0.1, 0.15) is 24.0 Å². The van der Waals surface area contributed by atoms with Gasteiger partial charge in [0.1, 0.15) is 0 Å². The highest BCUT2D eigenvalue weighted by Gasteiger charge is 2.29. The molecular weight excluding hydrogens is 368 g/mol. The molecule has 150 valence electrons. The third-order valence-corrected chi connectivity index (χ3v) is 5.12. The van der Waals surface area contributed by atoms with Crippen molar-refractivity contribution in [3.63, 3.8) is 0 Å². The quantitative estimate of drug-likeness (QED) is 0.407. The molecule has 0 radical (unpaired) electrons. The van der Waals surface area contributed by atoms with Gasteiger partial charge in [-0.25, -0.2) is 10.1 Å². The second-order valence-corrected chi connectivity index (χ2v) is 7.04. The lowest BCUT2D eigenvalue weighted by Crippen LogP contribution is -2.49. The number of nitrogens with zero attached hydrogens (tertiary/aromatic N) is 2. The standard InChI is InChI=1S/C21H24N6O2/c22-19(15-10-12-24-13-11-15)29-20(23)26-21-25-18(14-6-2-1-3-7-14)16-8-4-5-9-17(16)27(21)28/h1-9,15,21-22,24,28H,10-13H2,(H2,23,26). The number of amidine groups is 1. The van der Waals surface area contributed by atoms with E-state index >= 15 is 0 Å². The number of aliphatic imine (C=N–C) groups is 1. The number of nitrogens with one attached hydrogen (secondary N) is 4. The number of hydrogen-bond donors (Lipinski definition) is 5. The molecule has 0 amide bonds. The summed E-state index contributed by atoms with van der Waals surface area (Å²) < 4.78 is 5.39. The van der Waals surface area contributed by atoms with Gasteiger partial charge in [0.2, 0.25) is 6.29 Å². The van der Waals surface area contributed by atoms with Gasteiger partial charge in [-0.2, -0.15) is 0 Å². The Bertz CT molecular complexity index is 924. The summed E-state index contributed by atoms with van der Waals surface area (Å²) in [6.45, 7) is 1.68. The van der Waals surface area contributed by atoms with E-state index < -0.39 is 6.29 Å². The molecule has 0 spiro atoms. The first kappa shape index (κ1) is 19.1. The fourth-order valence-electron chi connectivity index (χ4n) is 3.60. The van der Waals surface area contributed by atoms with E-state index in [2.05, 4.69) is 15.6 Å². The lowest BCUT2D eigenvalue weighted by Gasteiger charge is -2.32. The molecule has 1 fully saturated rings. The van der Waals surface area contributed by atoms with Crippen LogP contribution in [0.15, 0.2) is 59.6 Å². The van der Waals surface area contributed by atoms with Crippen LogP contribution in [0.4, 0.5) is 5.69 Å². The number of fused-ring (bicyclic) bond motifs is 1. The molecule has 2 heterocycles. The number of hydrogen-bond acceptors (Lipinski definition) is 7. The molecule has 2 aliphatic rings. The molecule has 1 atom stereocenters. The van der Waals surface area contributed by atoms with Crippen molar-refractivity contribution in [3.05, 3.63) is 65.7 Å². The Morgan fingerprint density at radius 1 is 1.07 bits per heavy atom. The molecule has 2 aromatic carbocycles. The molecule has 0 aromatic heterocycles. The predicted molar refractivity (Wildman–Crippen MR) is 112 cm³/mol. The van der Waals surface area contributed by atoms with Gasteiger partial charge in [0.05, 0.1) is 11.4 Å². The Balaban J connectivity index is 1.53. The summed E-state index contributed by atoms with van der Waals surface area (Å²) in [7, 11) is 0. The molecule has 0 bridgehead atoms. The Kier molecular flexibility index (Phi) is 5.55. The van der Waals surface area contributed by atoms with Crippen molar-refractivity contribution < 1.29 is 9.94 Å². The van der Waals surface area contributed by atoms with E-state index in [1.165, 1.54) is 0 Å². The highest BCUT2D eigenvalue weighted by Crippen LogP contribution is 2.28. The van der Waals surface area contributed by atoms with Crippen LogP contribution in [-0.2, 0) is 4.74 Å². The molecule has 29 heavy (non-hydrogen) atoms. The van der Waals surface area contributed by atoms with Crippen LogP contribution in [0.25, 0.3) is 0 Å². The van der Waals surface area contributed by atoms with Crippen molar-refractivity contribution in [2.75, 3.05) is 18.2 Å². The van der Waals surface area contributed by atoms with Gasteiger partial charge in [0.15, 0.2) is 5.90 Å². The monoisotopic (exact) mass is 392 g/mol. The Morgan fingerprint density at radius 2 is 1.76 bits per heavy atom. The van der Waals surface area contributed by atoms with Crippen LogP contribution in [0.3, 0.4) is 0 Å². The maximum Gasteiger partial charge on any atom is 0.291 e. The number of hydroxylamine groups is 1. The molecule has 1 unspecified atom stereocenters. The number of anilines is 1. The summed E-state index contributed by atoms with van der Waals surface area (Å²) in [5, 5.41) is 33.9. The molecule has 0 saturated carbocycles. The van der Waals surface area contributed by atoms with Gasteiger partial charge in [-0.05, 0) is 32.0 Å². The molecule has 8 heteroatoms. The van der Waals surface area contributed by atoms with Gasteiger partial charge in [-0.3, -0.25) is 21.3 Å². The summed E-state index contributed by atoms with van der Waals surface area (Å²) >= 11 is 0. The highest BCUT2D eigenvalue weighted by atomic mass is 16.5. The van der Waals surface area contributed by atoms with Crippen LogP contribution in [0.2, 0.25) is 0 Å². The second kappa shape index (κ2) is 8.42. The topological polar surface area (TPSA) is 117 Å². The van der Waals surface area contributed by atoms with Gasteiger partial charge in [0.25, 0.3) is 6.02 Å². The maximum atomic E-state index is 10.7. The van der Waals surface area contributed by atoms with Crippen LogP contribution in [-0.4, -0.2) is 42.2 Å². The maximum absolute atomic E-state index is 10.7. The fourth-order valence-corrected chi connectivity index (χ4v) is 3.60. The van der Waals surface area contributed by atoms with Gasteiger partial charge >= 0.3 is 0 Å². The van der Waals surface area contributed by atoms with E-state index in [9.17, 15) is 5.21 Å². The Labute approximate surface area is 169 Å². The number of para-hydroxylation sites is 1. The fraction of sp³-hybridized carbons (Fsp3) is 0.286. The summed E-state index contributed by atoms with van der Waals surface area (Å²) in [4.78, 5) is 4.61. The number of ether oxygens (including phenoxy) is 1. The summed E-state index contributed by atoms with van der Waals surface area (Å²) in [5.41, 5.74) is 3.01. The molecule has 5 N–H and O–H groups in total. The molecule has 8 nitrogen and oxygen atoms in total. The second-order valence-electron chi connectivity index (χ2n) is 7.04. The largest absolute Gasteiger partial charge is 0.412 e. The van der Waals surface area contributed by atoms with E-state index in [1.54, 1.807) is 6.07 Å². The average Bonchev–Trinajstić information content (AvgIpc) is 2.77. The predicted octanol–water partition coefficient (Wildman–Crippen LogP) is 2.53. The average molecular weight is 392 g/mol. The smallest absolute Gasteiger partial charge is 0.291 e. The first-order chi connectivity index (χ1) is 14.1. The molecule has 0 aliphatic carbocycles. The lowest BCUT2D eigenvalue weighted by atomic mass is 9.98. The van der Waals surface area contributed by atoms with Crippen molar-refractivity contribution >= 4 is 23.3 Å². The number of benzene rings is 2. The summed E-state index contributed by atoms with van der Waals surface area (Å²) in [6.07, 6.45) is 0.685. The van der Waals surface area contributed by atoms with Gasteiger partial charge in [-0.1, -0.05) is 48.5 Å². The SMILES string of the molecule is N=C(NC1N=C(c2ccccc2)c2ccccc2N1O)OC(=N)C1CCNCC1. The minimum atomic E-state index is -0.937. The van der Waals surface area contributed by atoms with Crippen LogP contribution < -0.4 is 15.7 Å². The van der Waals surface area contributed by atoms with Crippen molar-refractivity contribution in [1.29, 1.82) is 10.8 Å². The minimum absolute atomic E-state index is 0.000840. The number of rotatable bonds is 3. The first-order valence-electron chi connectivity index (χ1n) is 9.66. The Morgan fingerprint density at radius 3 is 2.52 bits per heavy atom. The third-order valence-electron chi connectivity index (χ3n) is 5.12. The zero-order chi connectivity index (χ0) is 20.2. The van der Waals surface area contributed by atoms with E-state index in [0.717, 1.165) is 42.1 Å². The lowest BCUT2D eigenvalue weighted by molar-refractivity contribution is 0.204. The van der Waals surface area contributed by atoms with Crippen molar-refractivity contribution in [1.82, 2.24) is 10.6 Å². The third kappa shape index (κ3) is 4.13. The van der Waals surface area contributed by atoms with Gasteiger partial charge in [-0.15, -0.1) is 0 Å². The van der Waals surface area contributed by atoms with Crippen LogP contribution in [0.5, 0.6) is 0 Å². The van der Waals surface area contributed by atoms with E-state index in [1.807, 2.05) is 48.5 Å². The van der Waals surface area contributed by atoms with Gasteiger partial charge in [0, 0.05) is 17.0 Å². The van der Waals surface area contributed by atoms with Gasteiger partial charge < -0.3 is 10.1 Å². The number of piperidine rings is 1. The van der Waals surface area contributed by atoms with E-state index in [4.69, 9.17) is 15.6 Å². The summed E-state index contributed by atoms with van der Waals surface area (Å²) in [5.74, 6) is 0.0658. The van der Waals surface area contributed by atoms with E-state index in [-0.39, 0.29) is 17.8 Å². The molecule has 1 saturated heterocycles.